The van der Waals surface area contributed by atoms with Crippen LogP contribution in [0.15, 0.2) is 48.8 Å². The zero-order valence-corrected chi connectivity index (χ0v) is 9.24. The van der Waals surface area contributed by atoms with Gasteiger partial charge in [0, 0.05) is 12.4 Å². The quantitative estimate of drug-likeness (QED) is 0.858. The van der Waals surface area contributed by atoms with Crippen LogP contribution in [0, 0.1) is 0 Å². The molecule has 17 heavy (non-hydrogen) atoms. The summed E-state index contributed by atoms with van der Waals surface area (Å²) in [6, 6.07) is 10.4. The zero-order chi connectivity index (χ0) is 12.1. The van der Waals surface area contributed by atoms with Gasteiger partial charge in [-0.1, -0.05) is 6.07 Å². The fourth-order valence-corrected chi connectivity index (χ4v) is 1.51. The van der Waals surface area contributed by atoms with Crippen LogP contribution in [0.2, 0.25) is 0 Å². The number of carboxylic acid groups (broad SMARTS) is 1. The second-order valence-corrected chi connectivity index (χ2v) is 3.60. The highest BCUT2D eigenvalue weighted by molar-refractivity contribution is 5.87. The van der Waals surface area contributed by atoms with Gasteiger partial charge in [0.2, 0.25) is 0 Å². The number of rotatable bonds is 5. The predicted octanol–water partition coefficient (Wildman–Crippen LogP) is 2.27. The van der Waals surface area contributed by atoms with Crippen molar-refractivity contribution in [3.05, 3.63) is 54.4 Å². The lowest BCUT2D eigenvalue weighted by Crippen LogP contribution is -2.06. The second kappa shape index (κ2) is 5.21. The minimum absolute atomic E-state index is 0.239. The van der Waals surface area contributed by atoms with Gasteiger partial charge in [0.1, 0.15) is 12.4 Å². The van der Waals surface area contributed by atoms with Crippen LogP contribution in [0.5, 0.6) is 5.75 Å². The van der Waals surface area contributed by atoms with Crippen molar-refractivity contribution < 1.29 is 14.6 Å². The maximum absolute atomic E-state index is 10.8. The molecule has 0 aliphatic heterocycles. The molecule has 4 nitrogen and oxygen atoms in total. The minimum Gasteiger partial charge on any atom is -0.492 e. The van der Waals surface area contributed by atoms with Gasteiger partial charge >= 0.3 is 5.97 Å². The molecule has 0 bridgehead atoms. The summed E-state index contributed by atoms with van der Waals surface area (Å²) in [6.45, 7) is 1.25. The molecule has 4 heteroatoms. The molecule has 0 saturated carbocycles. The van der Waals surface area contributed by atoms with E-state index in [1.807, 2.05) is 29.1 Å². The summed E-state index contributed by atoms with van der Waals surface area (Å²) in [4.78, 5) is 10.8. The largest absolute Gasteiger partial charge is 0.492 e. The molecule has 1 N–H and O–H groups in total. The molecule has 1 heterocycles. The van der Waals surface area contributed by atoms with Gasteiger partial charge in [-0.2, -0.15) is 0 Å². The van der Waals surface area contributed by atoms with Crippen LogP contribution in [-0.2, 0) is 6.54 Å². The Labute approximate surface area is 99.1 Å². The second-order valence-electron chi connectivity index (χ2n) is 3.60. The normalized spacial score (nSPS) is 10.1. The summed E-state index contributed by atoms with van der Waals surface area (Å²) in [5, 5.41) is 8.83. The number of ether oxygens (including phenoxy) is 1. The minimum atomic E-state index is -0.944. The fraction of sp³-hybridized carbons (Fsp3) is 0.154. The molecule has 0 unspecified atom stereocenters. The summed E-state index contributed by atoms with van der Waals surface area (Å²) in [7, 11) is 0. The van der Waals surface area contributed by atoms with Crippen molar-refractivity contribution in [2.75, 3.05) is 6.61 Å². The molecule has 0 amide bonds. The molecule has 0 radical (unpaired) electrons. The van der Waals surface area contributed by atoms with Crippen LogP contribution < -0.4 is 4.74 Å². The van der Waals surface area contributed by atoms with E-state index in [1.165, 1.54) is 6.07 Å². The van der Waals surface area contributed by atoms with E-state index in [2.05, 4.69) is 0 Å². The Morgan fingerprint density at radius 2 is 2.00 bits per heavy atom. The van der Waals surface area contributed by atoms with E-state index >= 15 is 0 Å². The first-order valence-corrected chi connectivity index (χ1v) is 5.32. The summed E-state index contributed by atoms with van der Waals surface area (Å²) < 4.78 is 7.49. The first kappa shape index (κ1) is 11.3. The lowest BCUT2D eigenvalue weighted by molar-refractivity contribution is 0.0696. The van der Waals surface area contributed by atoms with Crippen molar-refractivity contribution in [1.82, 2.24) is 4.57 Å². The van der Waals surface area contributed by atoms with E-state index in [0.29, 0.717) is 12.4 Å². The monoisotopic (exact) mass is 231 g/mol. The van der Waals surface area contributed by atoms with E-state index in [4.69, 9.17) is 9.84 Å². The predicted molar refractivity (Wildman–Crippen MR) is 63.3 cm³/mol. The molecule has 88 valence electrons. The smallest absolute Gasteiger partial charge is 0.335 e. The van der Waals surface area contributed by atoms with Crippen LogP contribution in [0.25, 0.3) is 0 Å². The summed E-state index contributed by atoms with van der Waals surface area (Å²) in [6.07, 6.45) is 3.91. The Hall–Kier alpha value is -2.23. The van der Waals surface area contributed by atoms with Crippen molar-refractivity contribution in [2.45, 2.75) is 6.54 Å². The van der Waals surface area contributed by atoms with Gasteiger partial charge in [-0.05, 0) is 30.3 Å². The molecule has 1 aromatic heterocycles. The van der Waals surface area contributed by atoms with Gasteiger partial charge < -0.3 is 14.4 Å². The molecule has 0 aliphatic carbocycles. The van der Waals surface area contributed by atoms with Gasteiger partial charge in [0.25, 0.3) is 0 Å². The average molecular weight is 231 g/mol. The van der Waals surface area contributed by atoms with E-state index in [9.17, 15) is 4.79 Å². The summed E-state index contributed by atoms with van der Waals surface area (Å²) >= 11 is 0. The standard InChI is InChI=1S/C13H13NO3/c15-13(16)11-4-3-5-12(10-11)17-9-8-14-6-1-2-7-14/h1-7,10H,8-9H2,(H,15,16). The van der Waals surface area contributed by atoms with E-state index in [1.54, 1.807) is 18.2 Å². The van der Waals surface area contributed by atoms with Crippen LogP contribution in [0.3, 0.4) is 0 Å². The number of benzene rings is 1. The highest BCUT2D eigenvalue weighted by Crippen LogP contribution is 2.13. The number of aromatic carboxylic acids is 1. The van der Waals surface area contributed by atoms with Crippen molar-refractivity contribution in [3.63, 3.8) is 0 Å². The first-order chi connectivity index (χ1) is 8.25. The maximum Gasteiger partial charge on any atom is 0.335 e. The van der Waals surface area contributed by atoms with Crippen LogP contribution in [-0.4, -0.2) is 22.2 Å². The van der Waals surface area contributed by atoms with E-state index in [-0.39, 0.29) is 5.56 Å². The number of carbonyl (C=O) groups is 1. The third kappa shape index (κ3) is 3.11. The highest BCUT2D eigenvalue weighted by Gasteiger charge is 2.03. The molecule has 0 spiro atoms. The molecule has 0 fully saturated rings. The van der Waals surface area contributed by atoms with E-state index < -0.39 is 5.97 Å². The van der Waals surface area contributed by atoms with Crippen molar-refractivity contribution in [3.8, 4) is 5.75 Å². The third-order valence-corrected chi connectivity index (χ3v) is 2.37. The first-order valence-electron chi connectivity index (χ1n) is 5.32. The van der Waals surface area contributed by atoms with Crippen molar-refractivity contribution in [1.29, 1.82) is 0 Å². The van der Waals surface area contributed by atoms with Crippen LogP contribution >= 0.6 is 0 Å². The lowest BCUT2D eigenvalue weighted by atomic mass is 10.2. The summed E-state index contributed by atoms with van der Waals surface area (Å²) in [5.74, 6) is -0.363. The van der Waals surface area contributed by atoms with Crippen molar-refractivity contribution in [2.24, 2.45) is 0 Å². The molecule has 0 atom stereocenters. The van der Waals surface area contributed by atoms with Gasteiger partial charge in [-0.25, -0.2) is 4.79 Å². The van der Waals surface area contributed by atoms with Crippen LogP contribution in [0.1, 0.15) is 10.4 Å². The van der Waals surface area contributed by atoms with Gasteiger partial charge in [0.15, 0.2) is 0 Å². The van der Waals surface area contributed by atoms with Crippen molar-refractivity contribution >= 4 is 5.97 Å². The summed E-state index contributed by atoms with van der Waals surface area (Å²) in [5.41, 5.74) is 0.239. The Morgan fingerprint density at radius 1 is 1.24 bits per heavy atom. The SMILES string of the molecule is O=C(O)c1cccc(OCCn2cccc2)c1. The Morgan fingerprint density at radius 3 is 2.71 bits per heavy atom. The molecule has 2 aromatic rings. The lowest BCUT2D eigenvalue weighted by Gasteiger charge is -2.07. The molecular formula is C13H13NO3. The fourth-order valence-electron chi connectivity index (χ4n) is 1.51. The van der Waals surface area contributed by atoms with Gasteiger partial charge in [-0.3, -0.25) is 0 Å². The van der Waals surface area contributed by atoms with Crippen LogP contribution in [0.4, 0.5) is 0 Å². The molecule has 2 rings (SSSR count). The molecular weight excluding hydrogens is 218 g/mol. The van der Waals surface area contributed by atoms with E-state index in [0.717, 1.165) is 6.54 Å². The molecule has 1 aromatic carbocycles. The molecule has 0 saturated heterocycles. The number of hydrogen-bond donors (Lipinski definition) is 1. The Bertz CT molecular complexity index is 491. The zero-order valence-electron chi connectivity index (χ0n) is 9.24. The average Bonchev–Trinajstić information content (AvgIpc) is 2.82. The Kier molecular flexibility index (Phi) is 3.45. The molecule has 0 aliphatic rings. The number of aromatic nitrogens is 1. The topological polar surface area (TPSA) is 51.5 Å². The van der Waals surface area contributed by atoms with Gasteiger partial charge in [0.05, 0.1) is 12.1 Å². The maximum atomic E-state index is 10.8. The van der Waals surface area contributed by atoms with Gasteiger partial charge in [-0.15, -0.1) is 0 Å². The highest BCUT2D eigenvalue weighted by atomic mass is 16.5. The number of hydrogen-bond acceptors (Lipinski definition) is 2. The number of carboxylic acids is 1. The number of nitrogens with zero attached hydrogens (tertiary/aromatic N) is 1. The Balaban J connectivity index is 1.90. The third-order valence-electron chi connectivity index (χ3n) is 2.37.